The first-order chi connectivity index (χ1) is 70.3. The first-order valence-corrected chi connectivity index (χ1v) is 45.2. The summed E-state index contributed by atoms with van der Waals surface area (Å²) in [6, 6.07) is 65.1. The molecule has 4 aliphatic heterocycles. The van der Waals surface area contributed by atoms with Crippen LogP contribution in [0.4, 0.5) is 0 Å². The van der Waals surface area contributed by atoms with Crippen molar-refractivity contribution >= 4 is 11.9 Å². The van der Waals surface area contributed by atoms with E-state index >= 15 is 0 Å². The molecule has 18 aromatic rings. The molecule has 4 aliphatic rings. The number of carbonyl (C=O) groups excluding carboxylic acids is 2. The number of hydrogen-bond acceptors (Lipinski definition) is 29. The van der Waals surface area contributed by atoms with E-state index < -0.39 is 35.5 Å². The summed E-state index contributed by atoms with van der Waals surface area (Å²) < 4.78 is 42.4. The molecule has 144 heavy (non-hydrogen) atoms. The molecule has 38 heteroatoms. The Morgan fingerprint density at radius 1 is 0.347 bits per heavy atom. The fourth-order valence-electron chi connectivity index (χ4n) is 18.1. The maximum absolute atomic E-state index is 12.3. The van der Waals surface area contributed by atoms with Gasteiger partial charge in [0.1, 0.15) is 58.1 Å². The van der Waals surface area contributed by atoms with Crippen molar-refractivity contribution in [2.45, 2.75) is 56.3 Å². The molecule has 0 spiro atoms. The zero-order valence-corrected chi connectivity index (χ0v) is 77.9. The number of primary amides is 1. The minimum absolute atomic E-state index is 0.0469. The van der Waals surface area contributed by atoms with Gasteiger partial charge >= 0.3 is 5.97 Å². The van der Waals surface area contributed by atoms with Crippen LogP contribution in [0.3, 0.4) is 0 Å². The minimum Gasteiger partial charge on any atom is -0.460 e. The fourth-order valence-corrected chi connectivity index (χ4v) is 18.1. The molecule has 38 nitrogen and oxygen atoms in total. The number of rotatable bonds is 21. The van der Waals surface area contributed by atoms with Gasteiger partial charge in [0.15, 0.2) is 5.82 Å². The molecule has 4 atom stereocenters. The van der Waals surface area contributed by atoms with Gasteiger partial charge in [-0.2, -0.15) is 41.4 Å². The number of fused-ring (bicyclic) bond motifs is 4. The molecule has 708 valence electrons. The number of nitrogens with two attached hydrogens (primary N) is 5. The highest BCUT2D eigenvalue weighted by Crippen LogP contribution is 2.50. The Kier molecular flexibility index (Phi) is 26.1. The second-order valence-corrected chi connectivity index (χ2v) is 33.4. The highest BCUT2D eigenvalue weighted by Gasteiger charge is 2.42. The largest absolute Gasteiger partial charge is 0.460 e. The molecule has 14 aromatic heterocycles. The molecule has 4 unspecified atom stereocenters. The number of aromatic nitrogens is 22. The van der Waals surface area contributed by atoms with Crippen LogP contribution in [0.2, 0.25) is 0 Å². The second kappa shape index (κ2) is 40.6. The number of esters is 1. The number of allylic oxidation sites excluding steroid dienone is 4. The van der Waals surface area contributed by atoms with Crippen molar-refractivity contribution in [1.82, 2.24) is 107 Å². The maximum Gasteiger partial charge on any atom is 0.374 e. The zero-order valence-electron chi connectivity index (χ0n) is 77.9. The minimum atomic E-state index is -0.624. The molecule has 10 N–H and O–H groups in total. The molecule has 1 amide bonds. The predicted octanol–water partition coefficient (Wildman–Crippen LogP) is 12.6. The lowest BCUT2D eigenvalue weighted by molar-refractivity contribution is 0.0509. The normalized spacial score (nSPS) is 14.7. The number of nitriles is 4. The van der Waals surface area contributed by atoms with E-state index in [1.165, 1.54) is 6.20 Å². The number of pyridine rings is 6. The van der Waals surface area contributed by atoms with Crippen LogP contribution in [-0.2, 0) is 58.6 Å². The van der Waals surface area contributed by atoms with Crippen molar-refractivity contribution in [2.75, 3.05) is 6.61 Å². The molecule has 0 saturated heterocycles. The van der Waals surface area contributed by atoms with E-state index in [1.807, 2.05) is 224 Å². The molecule has 0 aliphatic carbocycles. The summed E-state index contributed by atoms with van der Waals surface area (Å²) in [7, 11) is 7.20. The number of amides is 1. The van der Waals surface area contributed by atoms with Crippen LogP contribution in [0, 0.1) is 45.3 Å². The van der Waals surface area contributed by atoms with E-state index in [-0.39, 0.29) is 41.8 Å². The quantitative estimate of drug-likeness (QED) is 0.0417. The standard InChI is InChI=1S/2C28H22N8O.C26H23N7O3.C24H20N8O2/c1-35-28-25(23(34-35)15-18-3-2-10-32-17-18)24(22(16-29)26(30)37-28)19-4-6-21(7-5-19)36-14-13-33-27(36)20-8-11-31-12-9-20;1-35-28-25(23(34-35)15-18-5-4-11-31-17-18)24(21(16-29)26(30)37-28)19-7-9-20(10-8-19)36-14-13-33-27(36)22-6-2-3-12-32-22;1-3-35-26(34)24-30-12-13-33(24)18-6-4-17(5-7-18)21-19(15-27)23(28)36-25-22(21)20(31-32(25)2)14-16-8-10-29-11-9-16;1-31-24-20(18(30-31)11-14-3-2-8-28-13-14)19(17(12-25)22(27)34-24)15-4-6-16(7-5-15)32-10-9-29-23(32)21(26)33/h2*2-14,17,24H,15,30H2,1H3;4-13,21H,3,14,28H2,1-2H3;2-10,13,19H,11,27H2,1H3,(H2,26,33). The zero-order chi connectivity index (χ0) is 99.8. The van der Waals surface area contributed by atoms with E-state index in [2.05, 4.69) is 84.3 Å². The van der Waals surface area contributed by atoms with Crippen LogP contribution in [-0.4, -0.2) is 126 Å². The van der Waals surface area contributed by atoms with Gasteiger partial charge < -0.3 is 52.4 Å². The average molecular weight is 1910 g/mol. The smallest absolute Gasteiger partial charge is 0.374 e. The van der Waals surface area contributed by atoms with Gasteiger partial charge in [0, 0.05) is 200 Å². The lowest BCUT2D eigenvalue weighted by atomic mass is 9.83. The number of aryl methyl sites for hydroxylation is 4. The Balaban J connectivity index is 0.000000122. The van der Waals surface area contributed by atoms with E-state index in [9.17, 15) is 30.6 Å². The number of ether oxygens (including phenoxy) is 5. The van der Waals surface area contributed by atoms with E-state index in [0.717, 1.165) is 130 Å². The lowest BCUT2D eigenvalue weighted by Gasteiger charge is -2.25. The fraction of sp³-hybridized carbons (Fsp3) is 0.132. The number of imidazole rings is 4. The molecular formula is C106H87N31O7. The van der Waals surface area contributed by atoms with Crippen molar-refractivity contribution in [3.05, 3.63) is 441 Å². The Hall–Kier alpha value is -20.3. The van der Waals surface area contributed by atoms with Crippen LogP contribution in [0.25, 0.3) is 45.7 Å². The maximum atomic E-state index is 12.3. The summed E-state index contributed by atoms with van der Waals surface area (Å²) in [4.78, 5) is 66.4. The van der Waals surface area contributed by atoms with Crippen molar-refractivity contribution < 1.29 is 33.3 Å². The summed E-state index contributed by atoms with van der Waals surface area (Å²) in [5, 5.41) is 58.8. The molecular weight excluding hydrogens is 1820 g/mol. The molecule has 0 bridgehead atoms. The van der Waals surface area contributed by atoms with Crippen LogP contribution >= 0.6 is 0 Å². The van der Waals surface area contributed by atoms with Crippen molar-refractivity contribution in [2.24, 2.45) is 56.9 Å². The molecule has 0 fully saturated rings. The third-order valence-corrected chi connectivity index (χ3v) is 24.6. The van der Waals surface area contributed by atoms with Gasteiger partial charge in [-0.1, -0.05) is 72.8 Å². The van der Waals surface area contributed by atoms with Gasteiger partial charge in [0.25, 0.3) is 5.91 Å². The summed E-state index contributed by atoms with van der Waals surface area (Å²) >= 11 is 0. The van der Waals surface area contributed by atoms with Crippen LogP contribution in [0.15, 0.2) is 339 Å². The van der Waals surface area contributed by atoms with E-state index in [1.54, 1.807) is 136 Å². The lowest BCUT2D eigenvalue weighted by Crippen LogP contribution is -2.22. The monoisotopic (exact) mass is 1910 g/mol. The number of benzene rings is 4. The van der Waals surface area contributed by atoms with Gasteiger partial charge in [-0.15, -0.1) is 0 Å². The van der Waals surface area contributed by atoms with Crippen LogP contribution < -0.4 is 47.6 Å². The SMILES string of the molecule is CCOC(=O)c1nccn1-c1ccc(C2C(C#N)=C(N)Oc3c2c(Cc2ccncc2)nn3C)cc1.Cn1nc(Cc2cccnc2)c2c1OC(N)=C(C#N)C2c1ccc(-n2ccnc2-c2ccccn2)cc1.Cn1nc(Cc2cccnc2)c2c1OC(N)=C(C#N)C2c1ccc(-n2ccnc2-c2ccncc2)cc1.Cn1nc(Cc2cccnc2)c2c1OC(N)=C(C#N)C2c1ccc(-n2ccnc2C(N)=O)cc1. The van der Waals surface area contributed by atoms with Crippen molar-refractivity contribution in [3.8, 4) is 93.5 Å². The summed E-state index contributed by atoms with van der Waals surface area (Å²) in [6.07, 6.45) is 35.2. The molecule has 0 radical (unpaired) electrons. The van der Waals surface area contributed by atoms with Crippen LogP contribution in [0.5, 0.6) is 23.5 Å². The highest BCUT2D eigenvalue weighted by atomic mass is 16.5. The van der Waals surface area contributed by atoms with E-state index in [0.29, 0.717) is 77.2 Å². The molecule has 4 aromatic carbocycles. The Labute approximate surface area is 822 Å². The third kappa shape index (κ3) is 18.4. The Morgan fingerprint density at radius 2 is 0.674 bits per heavy atom. The Morgan fingerprint density at radius 3 is 1.01 bits per heavy atom. The highest BCUT2D eigenvalue weighted by molar-refractivity contribution is 5.90. The van der Waals surface area contributed by atoms with Gasteiger partial charge in [-0.25, -0.2) is 43.5 Å². The van der Waals surface area contributed by atoms with Crippen LogP contribution in [0.1, 0.15) is 141 Å². The molecule has 0 saturated carbocycles. The van der Waals surface area contributed by atoms with Gasteiger partial charge in [-0.05, 0) is 155 Å². The molecule has 22 rings (SSSR count). The van der Waals surface area contributed by atoms with Gasteiger partial charge in [0.2, 0.25) is 58.7 Å². The first kappa shape index (κ1) is 92.8. The van der Waals surface area contributed by atoms with Crippen molar-refractivity contribution in [3.63, 3.8) is 0 Å². The van der Waals surface area contributed by atoms with E-state index in [4.69, 9.17) is 62.6 Å². The summed E-state index contributed by atoms with van der Waals surface area (Å²) in [5.74, 6) is 1.35. The Bertz CT molecular complexity index is 7910. The van der Waals surface area contributed by atoms with Gasteiger partial charge in [-0.3, -0.25) is 53.0 Å². The van der Waals surface area contributed by atoms with Gasteiger partial charge in [0.05, 0.1) is 75.3 Å². The van der Waals surface area contributed by atoms with Crippen molar-refractivity contribution in [1.29, 1.82) is 21.0 Å². The second-order valence-electron chi connectivity index (χ2n) is 33.4. The predicted molar refractivity (Wildman–Crippen MR) is 523 cm³/mol. The summed E-state index contributed by atoms with van der Waals surface area (Å²) in [6.45, 7) is 2.00. The first-order valence-electron chi connectivity index (χ1n) is 45.2. The number of nitrogens with zero attached hydrogens (tertiary/aromatic N) is 26. The number of hydrogen-bond donors (Lipinski definition) is 5. The third-order valence-electron chi connectivity index (χ3n) is 24.6. The molecule has 18 heterocycles. The average Bonchev–Trinajstić information content (AvgIpc) is 1.58. The summed E-state index contributed by atoms with van der Waals surface area (Å²) in [5.41, 5.74) is 50.5. The topological polar surface area (TPSA) is 525 Å². The number of carbonyl (C=O) groups is 2.